The molecule has 1 atom stereocenters. The van der Waals surface area contributed by atoms with Gasteiger partial charge in [-0.25, -0.2) is 4.79 Å². The molecule has 0 aliphatic carbocycles. The Hall–Kier alpha value is -2.11. The van der Waals surface area contributed by atoms with Crippen molar-refractivity contribution in [2.75, 3.05) is 20.8 Å². The van der Waals surface area contributed by atoms with Gasteiger partial charge in [-0.3, -0.25) is 0 Å². The molecule has 92 valence electrons. The fraction of sp³-hybridized carbons (Fsp3) is 0.364. The van der Waals surface area contributed by atoms with E-state index in [9.17, 15) is 9.90 Å². The Labute approximate surface area is 98.1 Å². The Balaban J connectivity index is 2.37. The summed E-state index contributed by atoms with van der Waals surface area (Å²) in [5, 5.41) is 12.4. The molecule has 0 radical (unpaired) electrons. The van der Waals surface area contributed by atoms with Crippen LogP contribution in [-0.4, -0.2) is 32.0 Å². The number of hydrogen-bond donors (Lipinski definition) is 2. The molecule has 2 rings (SSSR count). The van der Waals surface area contributed by atoms with Crippen molar-refractivity contribution in [3.8, 4) is 17.2 Å². The Morgan fingerprint density at radius 1 is 1.35 bits per heavy atom. The summed E-state index contributed by atoms with van der Waals surface area (Å²) >= 11 is 0. The lowest BCUT2D eigenvalue weighted by molar-refractivity contribution is 0.177. The number of aromatic hydroxyl groups is 1. The normalized spacial score (nSPS) is 18.5. The second kappa shape index (κ2) is 4.40. The molecule has 1 aliphatic rings. The van der Waals surface area contributed by atoms with E-state index in [1.54, 1.807) is 12.1 Å². The molecule has 2 N–H and O–H groups in total. The number of cyclic esters (lactones) is 1. The Morgan fingerprint density at radius 2 is 1.94 bits per heavy atom. The maximum absolute atomic E-state index is 11.0. The fourth-order valence-electron chi connectivity index (χ4n) is 1.68. The van der Waals surface area contributed by atoms with E-state index in [1.807, 2.05) is 0 Å². The number of methoxy groups -OCH3 is 2. The largest absolute Gasteiger partial charge is 0.502 e. The van der Waals surface area contributed by atoms with Crippen molar-refractivity contribution in [1.29, 1.82) is 0 Å². The molecule has 6 nitrogen and oxygen atoms in total. The van der Waals surface area contributed by atoms with Crippen LogP contribution in [0.15, 0.2) is 12.1 Å². The number of carbonyl (C=O) groups excluding carboxylic acids is 1. The van der Waals surface area contributed by atoms with Gasteiger partial charge in [0.2, 0.25) is 5.75 Å². The molecular weight excluding hydrogens is 226 g/mol. The third-order valence-electron chi connectivity index (χ3n) is 2.58. The van der Waals surface area contributed by atoms with Gasteiger partial charge in [-0.1, -0.05) is 0 Å². The predicted molar refractivity (Wildman–Crippen MR) is 58.4 cm³/mol. The Morgan fingerprint density at radius 3 is 2.35 bits per heavy atom. The highest BCUT2D eigenvalue weighted by Crippen LogP contribution is 2.39. The van der Waals surface area contributed by atoms with Gasteiger partial charge in [0, 0.05) is 0 Å². The lowest BCUT2D eigenvalue weighted by Gasteiger charge is -2.13. The molecule has 1 heterocycles. The zero-order valence-electron chi connectivity index (χ0n) is 9.52. The van der Waals surface area contributed by atoms with Crippen molar-refractivity contribution in [1.82, 2.24) is 5.32 Å². The van der Waals surface area contributed by atoms with Gasteiger partial charge in [-0.15, -0.1) is 0 Å². The van der Waals surface area contributed by atoms with Gasteiger partial charge in [0.25, 0.3) is 0 Å². The zero-order valence-corrected chi connectivity index (χ0v) is 9.52. The summed E-state index contributed by atoms with van der Waals surface area (Å²) in [6.07, 6.45) is -0.457. The van der Waals surface area contributed by atoms with Crippen molar-refractivity contribution in [3.05, 3.63) is 17.7 Å². The van der Waals surface area contributed by atoms with Crippen molar-refractivity contribution in [3.63, 3.8) is 0 Å². The van der Waals surface area contributed by atoms with Crippen LogP contribution in [0.25, 0.3) is 0 Å². The molecule has 1 amide bonds. The second-order valence-electron chi connectivity index (χ2n) is 3.57. The van der Waals surface area contributed by atoms with E-state index in [4.69, 9.17) is 14.2 Å². The van der Waals surface area contributed by atoms with Crippen LogP contribution in [0.5, 0.6) is 17.2 Å². The van der Waals surface area contributed by atoms with Gasteiger partial charge in [-0.2, -0.15) is 0 Å². The summed E-state index contributed by atoms with van der Waals surface area (Å²) in [4.78, 5) is 11.0. The highest BCUT2D eigenvalue weighted by atomic mass is 16.6. The number of rotatable bonds is 3. The molecule has 0 aromatic heterocycles. The number of nitrogens with one attached hydrogen (secondary N) is 1. The fourth-order valence-corrected chi connectivity index (χ4v) is 1.68. The molecule has 0 unspecified atom stereocenters. The van der Waals surface area contributed by atoms with E-state index < -0.39 is 6.09 Å². The van der Waals surface area contributed by atoms with Crippen molar-refractivity contribution >= 4 is 6.09 Å². The zero-order chi connectivity index (χ0) is 12.4. The number of benzene rings is 1. The average molecular weight is 239 g/mol. The molecule has 1 fully saturated rings. The number of amides is 1. The molecule has 0 spiro atoms. The minimum absolute atomic E-state index is 0.0657. The smallest absolute Gasteiger partial charge is 0.407 e. The van der Waals surface area contributed by atoms with Crippen molar-refractivity contribution in [2.24, 2.45) is 0 Å². The van der Waals surface area contributed by atoms with E-state index in [2.05, 4.69) is 5.32 Å². The van der Waals surface area contributed by atoms with Gasteiger partial charge < -0.3 is 24.6 Å². The molecule has 17 heavy (non-hydrogen) atoms. The van der Waals surface area contributed by atoms with Crippen LogP contribution in [-0.2, 0) is 4.74 Å². The number of phenols is 1. The van der Waals surface area contributed by atoms with Gasteiger partial charge in [0.1, 0.15) is 6.61 Å². The number of phenolic OH excluding ortho intramolecular Hbond substituents is 1. The molecule has 1 saturated heterocycles. The Kier molecular flexibility index (Phi) is 2.95. The number of carbonyl (C=O) groups is 1. The predicted octanol–water partition coefficient (Wildman–Crippen LogP) is 1.19. The van der Waals surface area contributed by atoms with Gasteiger partial charge in [0.15, 0.2) is 11.5 Å². The lowest BCUT2D eigenvalue weighted by atomic mass is 10.1. The molecule has 1 aromatic rings. The first-order chi connectivity index (χ1) is 8.15. The first kappa shape index (κ1) is 11.4. The summed E-state index contributed by atoms with van der Waals surface area (Å²) < 4.78 is 14.9. The monoisotopic (exact) mass is 239 g/mol. The molecule has 6 heteroatoms. The van der Waals surface area contributed by atoms with E-state index in [0.717, 1.165) is 5.56 Å². The van der Waals surface area contributed by atoms with E-state index >= 15 is 0 Å². The third-order valence-corrected chi connectivity index (χ3v) is 2.58. The second-order valence-corrected chi connectivity index (χ2v) is 3.57. The van der Waals surface area contributed by atoms with Crippen molar-refractivity contribution in [2.45, 2.75) is 6.04 Å². The SMILES string of the molecule is COc1cc([C@H]2COC(=O)N2)cc(OC)c1O. The summed E-state index contributed by atoms with van der Waals surface area (Å²) in [6.45, 7) is 0.246. The lowest BCUT2D eigenvalue weighted by Crippen LogP contribution is -2.18. The number of ether oxygens (including phenoxy) is 3. The van der Waals surface area contributed by atoms with Gasteiger partial charge in [0.05, 0.1) is 20.3 Å². The van der Waals surface area contributed by atoms with Crippen LogP contribution >= 0.6 is 0 Å². The van der Waals surface area contributed by atoms with Crippen LogP contribution in [0.1, 0.15) is 11.6 Å². The van der Waals surface area contributed by atoms with Gasteiger partial charge >= 0.3 is 6.09 Å². The molecule has 0 bridgehead atoms. The quantitative estimate of drug-likeness (QED) is 0.828. The third kappa shape index (κ3) is 2.06. The molecular formula is C11H13NO5. The standard InChI is InChI=1S/C11H13NO5/c1-15-8-3-6(4-9(16-2)10(8)13)7-5-17-11(14)12-7/h3-4,7,13H,5H2,1-2H3,(H,12,14)/t7-/m1/s1. The molecule has 1 aromatic carbocycles. The van der Waals surface area contributed by atoms with Gasteiger partial charge in [-0.05, 0) is 17.7 Å². The van der Waals surface area contributed by atoms with E-state index in [1.165, 1.54) is 14.2 Å². The summed E-state index contributed by atoms with van der Waals surface area (Å²) in [6, 6.07) is 3.01. The first-order valence-electron chi connectivity index (χ1n) is 5.04. The Bertz CT molecular complexity index is 420. The maximum Gasteiger partial charge on any atom is 0.407 e. The summed E-state index contributed by atoms with van der Waals surface area (Å²) in [5.41, 5.74) is 0.752. The first-order valence-corrected chi connectivity index (χ1v) is 5.04. The van der Waals surface area contributed by atoms with Crippen LogP contribution < -0.4 is 14.8 Å². The van der Waals surface area contributed by atoms with Crippen LogP contribution in [0, 0.1) is 0 Å². The molecule has 1 aliphatic heterocycles. The van der Waals surface area contributed by atoms with E-state index in [0.29, 0.717) is 11.5 Å². The van der Waals surface area contributed by atoms with Crippen LogP contribution in [0.3, 0.4) is 0 Å². The van der Waals surface area contributed by atoms with E-state index in [-0.39, 0.29) is 18.4 Å². The maximum atomic E-state index is 11.0. The highest BCUT2D eigenvalue weighted by molar-refractivity contribution is 5.70. The minimum Gasteiger partial charge on any atom is -0.502 e. The highest BCUT2D eigenvalue weighted by Gasteiger charge is 2.26. The topological polar surface area (TPSA) is 77.0 Å². The average Bonchev–Trinajstić information content (AvgIpc) is 2.76. The molecule has 0 saturated carbocycles. The summed E-state index contributed by atoms with van der Waals surface area (Å²) in [7, 11) is 2.89. The number of hydrogen-bond acceptors (Lipinski definition) is 5. The van der Waals surface area contributed by atoms with Crippen LogP contribution in [0.2, 0.25) is 0 Å². The minimum atomic E-state index is -0.457. The summed E-state index contributed by atoms with van der Waals surface area (Å²) in [5.74, 6) is 0.519. The van der Waals surface area contributed by atoms with Crippen molar-refractivity contribution < 1.29 is 24.1 Å². The van der Waals surface area contributed by atoms with Crippen LogP contribution in [0.4, 0.5) is 4.79 Å². The number of alkyl carbamates (subject to hydrolysis) is 1.